The summed E-state index contributed by atoms with van der Waals surface area (Å²) in [5.41, 5.74) is 13.9. The second-order valence-electron chi connectivity index (χ2n) is 25.9. The Morgan fingerprint density at radius 3 is 1.84 bits per heavy atom. The first-order chi connectivity index (χ1) is 49.7. The van der Waals surface area contributed by atoms with Crippen molar-refractivity contribution in [2.24, 2.45) is 21.5 Å². The van der Waals surface area contributed by atoms with Crippen LogP contribution in [-0.4, -0.2) is 318 Å². The zero-order chi connectivity index (χ0) is 75.1. The van der Waals surface area contributed by atoms with E-state index in [0.29, 0.717) is 11.3 Å². The van der Waals surface area contributed by atoms with E-state index in [1.165, 1.54) is 50.4 Å². The van der Waals surface area contributed by atoms with Gasteiger partial charge < -0.3 is 148 Å². The zero-order valence-corrected chi connectivity index (χ0v) is 56.4. The van der Waals surface area contributed by atoms with Crippen LogP contribution in [0.5, 0.6) is 11.5 Å². The quantitative estimate of drug-likeness (QED) is 0.0391. The first kappa shape index (κ1) is 78.0. The van der Waals surface area contributed by atoms with Gasteiger partial charge in [-0.3, -0.25) is 43.7 Å². The number of aryl methyl sites for hydroxylation is 1. The highest BCUT2D eigenvalue weighted by Crippen LogP contribution is 2.34. The molecule has 4 aromatic rings. The number of carbonyl (C=O) groups excluding carboxylic acids is 6. The standard InChI is InChI=1S/C66H88N12O26/c1-27-4-11-33(12-5-27)77-28(2)57(93)72-36(17-29-7-13-34(14-8-29)100-63-54(92)52(90)55(42(25-82)103-63)104-64-56(51(89)49(87)41(24-81)102-64)99-26-30-6-9-32-18-35(98-3)15-10-31(32)16-30)59(95)75-44(46(84)37-19-70-65(67)74-37)61(97)76-45(60(96)73-38(22-79)58(94)69-21-43(77)83)47(85)39-20-71-66(68)78(39)62-53(91)50(88)48(86)40(23-80)101-62/h4-16,18,28,36-42,44-56,62-64,79-82,84-92H,17,19-26H2,1-3H3,(H2,68,71)(H,69,94)(H,72,93)(H,73,96)(H,75,95)(H,76,97)(H3,67,70,74). The number of nitrogens with two attached hydrogens (primary N) is 2. The number of anilines is 1. The molecule has 38 heteroatoms. The van der Waals surface area contributed by atoms with Gasteiger partial charge in [-0.2, -0.15) is 0 Å². The van der Waals surface area contributed by atoms with Gasteiger partial charge in [-0.05, 0) is 78.2 Å². The minimum absolute atomic E-state index is 0.0633. The molecule has 24 unspecified atom stereocenters. The number of nitrogens with one attached hydrogen (secondary N) is 6. The van der Waals surface area contributed by atoms with Crippen LogP contribution in [0.15, 0.2) is 94.9 Å². The molecule has 104 heavy (non-hydrogen) atoms. The average molecular weight is 1470 g/mol. The predicted octanol–water partition coefficient (Wildman–Crippen LogP) is -9.78. The van der Waals surface area contributed by atoms with Gasteiger partial charge in [-0.25, -0.2) is 0 Å². The van der Waals surface area contributed by atoms with Gasteiger partial charge in [0.25, 0.3) is 0 Å². The number of aliphatic hydroxyl groups is 13. The molecule has 0 radical (unpaired) electrons. The maximum atomic E-state index is 15.2. The van der Waals surface area contributed by atoms with Crippen LogP contribution >= 0.6 is 0 Å². The van der Waals surface area contributed by atoms with Crippen molar-refractivity contribution in [1.82, 2.24) is 36.8 Å². The molecule has 10 rings (SSSR count). The minimum atomic E-state index is -2.36. The number of hydrogen-bond acceptors (Lipinski definition) is 32. The van der Waals surface area contributed by atoms with E-state index in [-0.39, 0.29) is 36.1 Å². The molecule has 4 saturated heterocycles. The minimum Gasteiger partial charge on any atom is -0.497 e. The lowest BCUT2D eigenvalue weighted by molar-refractivity contribution is -0.357. The van der Waals surface area contributed by atoms with Crippen molar-refractivity contribution in [2.45, 2.75) is 173 Å². The highest BCUT2D eigenvalue weighted by atomic mass is 16.7. The fraction of sp³-hybridized carbons (Fsp3) is 0.545. The van der Waals surface area contributed by atoms with Gasteiger partial charge in [0.05, 0.1) is 71.9 Å². The third kappa shape index (κ3) is 17.2. The van der Waals surface area contributed by atoms with Crippen molar-refractivity contribution >= 4 is 63.8 Å². The molecule has 24 atom stereocenters. The van der Waals surface area contributed by atoms with Crippen molar-refractivity contribution in [1.29, 1.82) is 0 Å². The van der Waals surface area contributed by atoms with Crippen LogP contribution in [0, 0.1) is 6.92 Å². The molecule has 38 nitrogen and oxygen atoms in total. The summed E-state index contributed by atoms with van der Waals surface area (Å²) in [5.74, 6) is -7.38. The number of benzene rings is 4. The van der Waals surface area contributed by atoms with E-state index in [0.717, 1.165) is 26.1 Å². The van der Waals surface area contributed by atoms with Crippen molar-refractivity contribution in [3.8, 4) is 11.5 Å². The molecular formula is C66H88N12O26. The Morgan fingerprint density at radius 2 is 1.17 bits per heavy atom. The van der Waals surface area contributed by atoms with Crippen LogP contribution in [0.1, 0.15) is 23.6 Å². The number of rotatable bonds is 20. The Bertz CT molecular complexity index is 3730. The molecule has 23 N–H and O–H groups in total. The fourth-order valence-corrected chi connectivity index (χ4v) is 13.0. The number of ether oxygens (including phenoxy) is 7. The lowest BCUT2D eigenvalue weighted by Crippen LogP contribution is -2.70. The normalized spacial score (nSPS) is 34.1. The van der Waals surface area contributed by atoms with Gasteiger partial charge in [0.1, 0.15) is 127 Å². The number of aliphatic hydroxyl groups excluding tert-OH is 13. The van der Waals surface area contributed by atoms with Crippen LogP contribution in [0.25, 0.3) is 10.8 Å². The molecule has 0 aromatic heterocycles. The SMILES string of the molecule is COc1ccc2cc(COC3C(OC4C(CO)OC(Oc5ccc(CC6NC(=O)C(C)N(c7ccc(C)cc7)C(=O)CNC(=O)C(CO)NC(=O)C(C(O)C7CN=C(N)N7C7OC(CO)C(O)C(O)C7O)NC(=O)C(C(O)C7CN=C(N)N7)NC6=O)cc5)C(O)C4O)OC(CO)C(O)C3O)ccc2c1. The third-order valence-corrected chi connectivity index (χ3v) is 19.0. The molecule has 6 amide bonds. The highest BCUT2D eigenvalue weighted by Gasteiger charge is 2.55. The summed E-state index contributed by atoms with van der Waals surface area (Å²) in [4.78, 5) is 98.3. The predicted molar refractivity (Wildman–Crippen MR) is 358 cm³/mol. The van der Waals surface area contributed by atoms with Crippen LogP contribution < -0.4 is 57.7 Å². The number of hydrogen-bond donors (Lipinski definition) is 21. The van der Waals surface area contributed by atoms with E-state index in [4.69, 9.17) is 44.6 Å². The van der Waals surface area contributed by atoms with Crippen molar-refractivity contribution in [3.63, 3.8) is 0 Å². The van der Waals surface area contributed by atoms with Crippen LogP contribution in [-0.2, 0) is 65.5 Å². The van der Waals surface area contributed by atoms with Crippen molar-refractivity contribution in [3.05, 3.63) is 102 Å². The topological polar surface area (TPSA) is 585 Å². The van der Waals surface area contributed by atoms with Gasteiger partial charge >= 0.3 is 0 Å². The number of methoxy groups -OCH3 is 1. The van der Waals surface area contributed by atoms with Gasteiger partial charge in [0.2, 0.25) is 41.7 Å². The van der Waals surface area contributed by atoms with Crippen molar-refractivity contribution in [2.75, 3.05) is 58.1 Å². The molecule has 6 heterocycles. The van der Waals surface area contributed by atoms with Gasteiger partial charge in [-0.15, -0.1) is 0 Å². The summed E-state index contributed by atoms with van der Waals surface area (Å²) in [5, 5.41) is 160. The fourth-order valence-electron chi connectivity index (χ4n) is 13.0. The smallest absolute Gasteiger partial charge is 0.247 e. The summed E-state index contributed by atoms with van der Waals surface area (Å²) in [6.45, 7) is -2.64. The van der Waals surface area contributed by atoms with Gasteiger partial charge in [-0.1, -0.05) is 48.0 Å². The van der Waals surface area contributed by atoms with E-state index in [9.17, 15) is 85.6 Å². The zero-order valence-electron chi connectivity index (χ0n) is 56.4. The number of carbonyl (C=O) groups is 6. The van der Waals surface area contributed by atoms with E-state index < -0.39 is 234 Å². The summed E-state index contributed by atoms with van der Waals surface area (Å²) >= 11 is 0. The lowest BCUT2D eigenvalue weighted by Gasteiger charge is -2.46. The van der Waals surface area contributed by atoms with Gasteiger partial charge in [0.15, 0.2) is 24.4 Å². The molecule has 6 aliphatic heterocycles. The Labute approximate surface area is 593 Å². The molecule has 6 aliphatic rings. The van der Waals surface area contributed by atoms with Gasteiger partial charge in [0, 0.05) is 12.1 Å². The number of aliphatic imine (C=N–C) groups is 2. The number of guanidine groups is 2. The molecule has 568 valence electrons. The molecule has 0 saturated carbocycles. The average Bonchev–Trinajstić information content (AvgIpc) is 1.44. The molecule has 4 fully saturated rings. The van der Waals surface area contributed by atoms with Crippen molar-refractivity contribution < 1.29 is 128 Å². The largest absolute Gasteiger partial charge is 0.497 e. The van der Waals surface area contributed by atoms with E-state index >= 15 is 9.59 Å². The second kappa shape index (κ2) is 34.1. The van der Waals surface area contributed by atoms with E-state index in [2.05, 4.69) is 41.9 Å². The summed E-state index contributed by atoms with van der Waals surface area (Å²) in [7, 11) is 1.54. The molecule has 0 spiro atoms. The Kier molecular flexibility index (Phi) is 25.6. The second-order valence-corrected chi connectivity index (χ2v) is 25.9. The van der Waals surface area contributed by atoms with Crippen LogP contribution in [0.4, 0.5) is 5.69 Å². The Morgan fingerprint density at radius 1 is 0.577 bits per heavy atom. The molecule has 0 bridgehead atoms. The third-order valence-electron chi connectivity index (χ3n) is 19.0. The number of amides is 6. The number of nitrogens with zero attached hydrogens (tertiary/aromatic N) is 4. The first-order valence-corrected chi connectivity index (χ1v) is 33.3. The van der Waals surface area contributed by atoms with Crippen LogP contribution in [0.3, 0.4) is 0 Å². The maximum absolute atomic E-state index is 15.2. The number of fused-ring (bicyclic) bond motifs is 1. The first-order valence-electron chi connectivity index (χ1n) is 33.3. The van der Waals surface area contributed by atoms with E-state index in [1.54, 1.807) is 31.2 Å². The maximum Gasteiger partial charge on any atom is 0.247 e. The lowest BCUT2D eigenvalue weighted by atomic mass is 9.95. The van der Waals surface area contributed by atoms with Crippen LogP contribution in [0.2, 0.25) is 0 Å². The summed E-state index contributed by atoms with van der Waals surface area (Å²) in [6, 6.07) is 9.67. The van der Waals surface area contributed by atoms with E-state index in [1.807, 2.05) is 24.3 Å². The molecule has 4 aromatic carbocycles. The Hall–Kier alpha value is -8.62. The summed E-state index contributed by atoms with van der Waals surface area (Å²) in [6.07, 6.45) is -30.9. The molecule has 0 aliphatic carbocycles. The monoisotopic (exact) mass is 1460 g/mol. The molecular weight excluding hydrogens is 1380 g/mol. The summed E-state index contributed by atoms with van der Waals surface area (Å²) < 4.78 is 41.1. The Balaban J connectivity index is 0.916. The highest BCUT2D eigenvalue weighted by molar-refractivity contribution is 6.04.